The summed E-state index contributed by atoms with van der Waals surface area (Å²) in [5.74, 6) is 0. The van der Waals surface area contributed by atoms with Gasteiger partial charge in [-0.25, -0.2) is 0 Å². The highest BCUT2D eigenvalue weighted by Gasteiger charge is 2.18. The van der Waals surface area contributed by atoms with Crippen molar-refractivity contribution in [3.63, 3.8) is 0 Å². The molecule has 1 aliphatic rings. The van der Waals surface area contributed by atoms with Gasteiger partial charge in [0.2, 0.25) is 0 Å². The maximum atomic E-state index is 9.20. The van der Waals surface area contributed by atoms with Crippen LogP contribution in [0.3, 0.4) is 0 Å². The predicted octanol–water partition coefficient (Wildman–Crippen LogP) is 3.17. The summed E-state index contributed by atoms with van der Waals surface area (Å²) in [5.41, 5.74) is 1.08. The summed E-state index contributed by atoms with van der Waals surface area (Å²) in [5, 5.41) is 12.7. The molecule has 0 radical (unpaired) electrons. The zero-order valence-corrected chi connectivity index (χ0v) is 9.52. The second-order valence-electron chi connectivity index (χ2n) is 4.47. The van der Waals surface area contributed by atoms with Gasteiger partial charge in [-0.3, -0.25) is 5.32 Å². The minimum absolute atomic E-state index is 0.149. The smallest absolute Gasteiger partial charge is 0.121 e. The van der Waals surface area contributed by atoms with E-state index in [9.17, 15) is 5.26 Å². The van der Waals surface area contributed by atoms with Crippen LogP contribution in [0.1, 0.15) is 43.7 Å². The second kappa shape index (κ2) is 5.67. The third-order valence-electron chi connectivity index (χ3n) is 3.27. The molecule has 1 aliphatic carbocycles. The first-order chi connectivity index (χ1) is 7.90. The number of rotatable bonds is 3. The zero-order chi connectivity index (χ0) is 11.2. The van der Waals surface area contributed by atoms with Crippen molar-refractivity contribution in [2.75, 3.05) is 0 Å². The molecule has 84 valence electrons. The van der Waals surface area contributed by atoms with Gasteiger partial charge in [-0.05, 0) is 18.4 Å². The van der Waals surface area contributed by atoms with E-state index in [-0.39, 0.29) is 6.04 Å². The highest BCUT2D eigenvalue weighted by molar-refractivity contribution is 5.23. The van der Waals surface area contributed by atoms with Crippen LogP contribution in [-0.4, -0.2) is 6.04 Å². The van der Waals surface area contributed by atoms with Crippen LogP contribution in [0, 0.1) is 11.3 Å². The van der Waals surface area contributed by atoms with Crippen molar-refractivity contribution < 1.29 is 0 Å². The number of nitriles is 1. The van der Waals surface area contributed by atoms with E-state index >= 15 is 0 Å². The highest BCUT2D eigenvalue weighted by Crippen LogP contribution is 2.21. The van der Waals surface area contributed by atoms with Crippen molar-refractivity contribution in [2.24, 2.45) is 0 Å². The van der Waals surface area contributed by atoms with Crippen LogP contribution in [0.5, 0.6) is 0 Å². The Kier molecular flexibility index (Phi) is 3.96. The average molecular weight is 214 g/mol. The molecule has 0 aliphatic heterocycles. The minimum Gasteiger partial charge on any atom is -0.295 e. The van der Waals surface area contributed by atoms with Gasteiger partial charge < -0.3 is 0 Å². The van der Waals surface area contributed by atoms with E-state index < -0.39 is 0 Å². The van der Waals surface area contributed by atoms with E-state index in [4.69, 9.17) is 0 Å². The van der Waals surface area contributed by atoms with Gasteiger partial charge in [0.05, 0.1) is 6.07 Å². The lowest BCUT2D eigenvalue weighted by molar-refractivity contribution is 0.360. The van der Waals surface area contributed by atoms with Gasteiger partial charge in [0, 0.05) is 6.04 Å². The third-order valence-corrected chi connectivity index (χ3v) is 3.27. The molecule has 0 amide bonds. The number of hydrogen-bond acceptors (Lipinski definition) is 2. The fourth-order valence-corrected chi connectivity index (χ4v) is 2.36. The molecule has 1 aromatic carbocycles. The summed E-state index contributed by atoms with van der Waals surface area (Å²) in [6.07, 6.45) is 6.37. The van der Waals surface area contributed by atoms with E-state index in [0.717, 1.165) is 5.56 Å². The van der Waals surface area contributed by atoms with E-state index in [1.807, 2.05) is 30.3 Å². The lowest BCUT2D eigenvalue weighted by atomic mass is 9.94. The summed E-state index contributed by atoms with van der Waals surface area (Å²) in [6.45, 7) is 0. The molecule has 2 heteroatoms. The summed E-state index contributed by atoms with van der Waals surface area (Å²) in [4.78, 5) is 0. The van der Waals surface area contributed by atoms with Crippen LogP contribution in [0.4, 0.5) is 0 Å². The summed E-state index contributed by atoms with van der Waals surface area (Å²) in [6, 6.07) is 12.7. The molecule has 0 heterocycles. The molecule has 1 atom stereocenters. The molecule has 0 bridgehead atoms. The van der Waals surface area contributed by atoms with E-state index in [1.54, 1.807) is 0 Å². The Morgan fingerprint density at radius 2 is 1.81 bits per heavy atom. The Balaban J connectivity index is 1.98. The normalized spacial score (nSPS) is 18.9. The lowest BCUT2D eigenvalue weighted by Gasteiger charge is -2.25. The maximum Gasteiger partial charge on any atom is 0.121 e. The van der Waals surface area contributed by atoms with Crippen LogP contribution in [0.15, 0.2) is 30.3 Å². The standard InChI is InChI=1S/C14H18N2/c15-11-14(12-7-3-1-4-8-12)16-13-9-5-2-6-10-13/h1,3-4,7-8,13-14,16H,2,5-6,9-10H2. The second-order valence-corrected chi connectivity index (χ2v) is 4.47. The summed E-state index contributed by atoms with van der Waals surface area (Å²) >= 11 is 0. The van der Waals surface area contributed by atoms with E-state index in [0.29, 0.717) is 6.04 Å². The number of benzene rings is 1. The first-order valence-electron chi connectivity index (χ1n) is 6.11. The van der Waals surface area contributed by atoms with Crippen molar-refractivity contribution >= 4 is 0 Å². The van der Waals surface area contributed by atoms with Gasteiger partial charge in [-0.15, -0.1) is 0 Å². The average Bonchev–Trinajstić information content (AvgIpc) is 2.38. The van der Waals surface area contributed by atoms with Crippen molar-refractivity contribution in [1.82, 2.24) is 5.32 Å². The summed E-state index contributed by atoms with van der Waals surface area (Å²) in [7, 11) is 0. The fraction of sp³-hybridized carbons (Fsp3) is 0.500. The maximum absolute atomic E-state index is 9.20. The predicted molar refractivity (Wildman–Crippen MR) is 64.8 cm³/mol. The zero-order valence-electron chi connectivity index (χ0n) is 9.52. The van der Waals surface area contributed by atoms with Crippen molar-refractivity contribution in [3.05, 3.63) is 35.9 Å². The molecule has 1 N–H and O–H groups in total. The molecule has 1 unspecified atom stereocenters. The van der Waals surface area contributed by atoms with Crippen molar-refractivity contribution in [1.29, 1.82) is 5.26 Å². The quantitative estimate of drug-likeness (QED) is 0.838. The molecule has 0 saturated heterocycles. The third kappa shape index (κ3) is 2.84. The minimum atomic E-state index is -0.149. The van der Waals surface area contributed by atoms with Crippen LogP contribution in [-0.2, 0) is 0 Å². The Labute approximate surface area is 97.3 Å². The first kappa shape index (κ1) is 11.2. The van der Waals surface area contributed by atoms with Crippen LogP contribution >= 0.6 is 0 Å². The largest absolute Gasteiger partial charge is 0.295 e. The Hall–Kier alpha value is -1.33. The monoisotopic (exact) mass is 214 g/mol. The Morgan fingerprint density at radius 1 is 1.12 bits per heavy atom. The van der Waals surface area contributed by atoms with Gasteiger partial charge >= 0.3 is 0 Å². The first-order valence-corrected chi connectivity index (χ1v) is 6.11. The van der Waals surface area contributed by atoms with Gasteiger partial charge in [0.25, 0.3) is 0 Å². The molecule has 0 aromatic heterocycles. The number of hydrogen-bond donors (Lipinski definition) is 1. The molecular formula is C14H18N2. The van der Waals surface area contributed by atoms with Crippen LogP contribution in [0.2, 0.25) is 0 Å². The molecule has 1 fully saturated rings. The van der Waals surface area contributed by atoms with E-state index in [1.165, 1.54) is 32.1 Å². The van der Waals surface area contributed by atoms with Gasteiger partial charge in [0.1, 0.15) is 6.04 Å². The van der Waals surface area contributed by atoms with Crippen molar-refractivity contribution in [3.8, 4) is 6.07 Å². The lowest BCUT2D eigenvalue weighted by Crippen LogP contribution is -2.33. The Morgan fingerprint density at radius 3 is 2.44 bits per heavy atom. The van der Waals surface area contributed by atoms with Gasteiger partial charge in [-0.2, -0.15) is 5.26 Å². The highest BCUT2D eigenvalue weighted by atomic mass is 14.9. The topological polar surface area (TPSA) is 35.8 Å². The summed E-state index contributed by atoms with van der Waals surface area (Å²) < 4.78 is 0. The fourth-order valence-electron chi connectivity index (χ4n) is 2.36. The molecular weight excluding hydrogens is 196 g/mol. The number of nitrogens with one attached hydrogen (secondary N) is 1. The molecule has 1 aromatic rings. The molecule has 1 saturated carbocycles. The molecule has 2 rings (SSSR count). The molecule has 0 spiro atoms. The molecule has 2 nitrogen and oxygen atoms in total. The number of nitrogens with zero attached hydrogens (tertiary/aromatic N) is 1. The van der Waals surface area contributed by atoms with E-state index in [2.05, 4.69) is 11.4 Å². The van der Waals surface area contributed by atoms with Crippen LogP contribution in [0.25, 0.3) is 0 Å². The van der Waals surface area contributed by atoms with Crippen molar-refractivity contribution in [2.45, 2.75) is 44.2 Å². The van der Waals surface area contributed by atoms with Gasteiger partial charge in [0.15, 0.2) is 0 Å². The molecule has 16 heavy (non-hydrogen) atoms. The SMILES string of the molecule is N#CC(NC1CCCCC1)c1ccccc1. The van der Waals surface area contributed by atoms with Gasteiger partial charge in [-0.1, -0.05) is 49.6 Å². The van der Waals surface area contributed by atoms with Crippen LogP contribution < -0.4 is 5.32 Å². The Bertz CT molecular complexity index is 347.